The standard InChI is InChI=1S/C27H18FN7O/c1-16-21-22(18-6-5-13-29-14-18)23-25-31-24(17-9-11-19(28)12-10-17)33-34(25)15-30-26(23)36-27(21)35(32-16)20-7-3-2-4-8-20/h2-15,22H,1H3/t22-/m1/s1. The fourth-order valence-electron chi connectivity index (χ4n) is 4.72. The van der Waals surface area contributed by atoms with Crippen LogP contribution in [0, 0.1) is 12.7 Å². The van der Waals surface area contributed by atoms with Crippen LogP contribution in [0.3, 0.4) is 0 Å². The Labute approximate surface area is 204 Å². The number of benzene rings is 2. The van der Waals surface area contributed by atoms with E-state index in [9.17, 15) is 4.39 Å². The molecule has 0 saturated heterocycles. The predicted molar refractivity (Wildman–Crippen MR) is 130 cm³/mol. The van der Waals surface area contributed by atoms with Crippen LogP contribution in [0.4, 0.5) is 4.39 Å². The van der Waals surface area contributed by atoms with Gasteiger partial charge in [-0.05, 0) is 55.0 Å². The van der Waals surface area contributed by atoms with Crippen LogP contribution in [0.2, 0.25) is 0 Å². The summed E-state index contributed by atoms with van der Waals surface area (Å²) in [6.45, 7) is 1.97. The molecule has 9 heteroatoms. The average molecular weight is 475 g/mol. The van der Waals surface area contributed by atoms with Gasteiger partial charge >= 0.3 is 0 Å². The molecule has 0 N–H and O–H groups in total. The zero-order chi connectivity index (χ0) is 24.2. The van der Waals surface area contributed by atoms with Gasteiger partial charge in [0.25, 0.3) is 0 Å². The molecule has 8 nitrogen and oxygen atoms in total. The monoisotopic (exact) mass is 475 g/mol. The number of hydrogen-bond donors (Lipinski definition) is 0. The number of hydrogen-bond acceptors (Lipinski definition) is 6. The SMILES string of the molecule is Cc1nn(-c2ccccc2)c2c1[C@@H](c1cccnc1)c1c(ncn3nc(-c4ccc(F)cc4)nc13)O2. The molecule has 36 heavy (non-hydrogen) atoms. The van der Waals surface area contributed by atoms with E-state index in [4.69, 9.17) is 14.8 Å². The number of aryl methyl sites for hydroxylation is 1. The quantitative estimate of drug-likeness (QED) is 0.353. The summed E-state index contributed by atoms with van der Waals surface area (Å²) in [5, 5.41) is 9.44. The van der Waals surface area contributed by atoms with Gasteiger partial charge in [0.2, 0.25) is 11.8 Å². The largest absolute Gasteiger partial charge is 0.420 e. The minimum absolute atomic E-state index is 0.281. The van der Waals surface area contributed by atoms with Gasteiger partial charge in [-0.2, -0.15) is 5.10 Å². The Morgan fingerprint density at radius 2 is 1.75 bits per heavy atom. The maximum absolute atomic E-state index is 13.5. The molecule has 1 aliphatic rings. The van der Waals surface area contributed by atoms with Crippen LogP contribution in [-0.2, 0) is 0 Å². The smallest absolute Gasteiger partial charge is 0.230 e. The van der Waals surface area contributed by atoms with Crippen molar-refractivity contribution in [2.45, 2.75) is 12.8 Å². The molecule has 2 aromatic carbocycles. The summed E-state index contributed by atoms with van der Waals surface area (Å²) in [4.78, 5) is 13.8. The minimum Gasteiger partial charge on any atom is -0.420 e. The molecule has 174 valence electrons. The molecule has 0 saturated carbocycles. The van der Waals surface area contributed by atoms with Gasteiger partial charge in [-0.15, -0.1) is 5.10 Å². The van der Waals surface area contributed by atoms with Crippen molar-refractivity contribution in [3.05, 3.63) is 114 Å². The van der Waals surface area contributed by atoms with Crippen molar-refractivity contribution in [3.8, 4) is 28.8 Å². The van der Waals surface area contributed by atoms with E-state index in [0.29, 0.717) is 28.8 Å². The lowest BCUT2D eigenvalue weighted by Gasteiger charge is -2.26. The van der Waals surface area contributed by atoms with Crippen LogP contribution < -0.4 is 4.74 Å². The van der Waals surface area contributed by atoms with E-state index < -0.39 is 0 Å². The Morgan fingerprint density at radius 3 is 2.53 bits per heavy atom. The summed E-state index contributed by atoms with van der Waals surface area (Å²) in [5.74, 6) is 0.910. The first kappa shape index (κ1) is 20.5. The Kier molecular flexibility index (Phi) is 4.44. The Hall–Kier alpha value is -4.92. The van der Waals surface area contributed by atoms with E-state index in [1.54, 1.807) is 33.9 Å². The molecule has 7 rings (SSSR count). The number of fused-ring (bicyclic) bond motifs is 4. The van der Waals surface area contributed by atoms with E-state index >= 15 is 0 Å². The highest BCUT2D eigenvalue weighted by molar-refractivity contribution is 5.68. The molecule has 0 aliphatic carbocycles. The molecule has 0 spiro atoms. The van der Waals surface area contributed by atoms with Crippen LogP contribution in [0.15, 0.2) is 85.5 Å². The van der Waals surface area contributed by atoms with E-state index in [-0.39, 0.29) is 11.7 Å². The predicted octanol–water partition coefficient (Wildman–Crippen LogP) is 5.11. The van der Waals surface area contributed by atoms with Gasteiger partial charge in [0.1, 0.15) is 12.1 Å². The maximum atomic E-state index is 13.5. The van der Waals surface area contributed by atoms with E-state index in [0.717, 1.165) is 28.1 Å². The molecular formula is C27H18FN7O. The number of para-hydroxylation sites is 1. The first-order chi connectivity index (χ1) is 17.7. The van der Waals surface area contributed by atoms with Crippen molar-refractivity contribution in [3.63, 3.8) is 0 Å². The first-order valence-electron chi connectivity index (χ1n) is 11.4. The third-order valence-electron chi connectivity index (χ3n) is 6.34. The van der Waals surface area contributed by atoms with E-state index in [2.05, 4.69) is 15.1 Å². The van der Waals surface area contributed by atoms with Crippen molar-refractivity contribution < 1.29 is 9.13 Å². The second-order valence-corrected chi connectivity index (χ2v) is 8.55. The van der Waals surface area contributed by atoms with Gasteiger partial charge in [-0.3, -0.25) is 4.98 Å². The second-order valence-electron chi connectivity index (χ2n) is 8.55. The molecule has 6 aromatic rings. The first-order valence-corrected chi connectivity index (χ1v) is 11.4. The van der Waals surface area contributed by atoms with E-state index in [1.807, 2.05) is 55.6 Å². The van der Waals surface area contributed by atoms with Gasteiger partial charge in [-0.1, -0.05) is 24.3 Å². The van der Waals surface area contributed by atoms with Crippen molar-refractivity contribution in [1.29, 1.82) is 0 Å². The van der Waals surface area contributed by atoms with Crippen LogP contribution in [0.1, 0.15) is 28.3 Å². The second kappa shape index (κ2) is 7.81. The molecule has 0 unspecified atom stereocenters. The Balaban J connectivity index is 1.48. The Bertz CT molecular complexity index is 1730. The van der Waals surface area contributed by atoms with Crippen molar-refractivity contribution in [2.24, 2.45) is 0 Å². The minimum atomic E-state index is -0.315. The molecule has 0 radical (unpaired) electrons. The zero-order valence-corrected chi connectivity index (χ0v) is 19.1. The number of aromatic nitrogens is 7. The number of pyridine rings is 1. The topological polar surface area (TPSA) is 83.0 Å². The maximum Gasteiger partial charge on any atom is 0.230 e. The molecule has 4 aromatic heterocycles. The fraction of sp³-hybridized carbons (Fsp3) is 0.0741. The summed E-state index contributed by atoms with van der Waals surface area (Å²) in [6.07, 6.45) is 5.16. The number of ether oxygens (including phenoxy) is 1. The van der Waals surface area contributed by atoms with Crippen LogP contribution in [0.25, 0.3) is 22.7 Å². The summed E-state index contributed by atoms with van der Waals surface area (Å²) in [5.41, 5.74) is 5.67. The van der Waals surface area contributed by atoms with Gasteiger partial charge in [0.05, 0.1) is 28.4 Å². The summed E-state index contributed by atoms with van der Waals surface area (Å²) in [7, 11) is 0. The van der Waals surface area contributed by atoms with Crippen LogP contribution in [0.5, 0.6) is 11.8 Å². The number of rotatable bonds is 3. The lowest BCUT2D eigenvalue weighted by Crippen LogP contribution is -2.16. The Morgan fingerprint density at radius 1 is 0.917 bits per heavy atom. The van der Waals surface area contributed by atoms with Crippen LogP contribution >= 0.6 is 0 Å². The fourth-order valence-corrected chi connectivity index (χ4v) is 4.72. The third kappa shape index (κ3) is 3.09. The normalized spacial score (nSPS) is 14.3. The van der Waals surface area contributed by atoms with Gasteiger partial charge in [0.15, 0.2) is 11.5 Å². The molecule has 0 fully saturated rings. The van der Waals surface area contributed by atoms with Crippen molar-refractivity contribution in [2.75, 3.05) is 0 Å². The molecule has 1 atom stereocenters. The lowest BCUT2D eigenvalue weighted by molar-refractivity contribution is 0.402. The highest BCUT2D eigenvalue weighted by atomic mass is 19.1. The summed E-state index contributed by atoms with van der Waals surface area (Å²) >= 11 is 0. The van der Waals surface area contributed by atoms with Crippen LogP contribution in [-0.4, -0.2) is 34.3 Å². The highest BCUT2D eigenvalue weighted by Crippen LogP contribution is 2.49. The lowest BCUT2D eigenvalue weighted by atomic mass is 9.85. The molecule has 1 aliphatic heterocycles. The number of halogens is 1. The van der Waals surface area contributed by atoms with Gasteiger partial charge in [-0.25, -0.2) is 23.6 Å². The summed E-state index contributed by atoms with van der Waals surface area (Å²) in [6, 6.07) is 19.9. The number of nitrogens with zero attached hydrogens (tertiary/aromatic N) is 7. The van der Waals surface area contributed by atoms with Crippen molar-refractivity contribution in [1.82, 2.24) is 34.3 Å². The molecule has 5 heterocycles. The van der Waals surface area contributed by atoms with Gasteiger partial charge < -0.3 is 4.74 Å². The van der Waals surface area contributed by atoms with Crippen molar-refractivity contribution >= 4 is 5.65 Å². The zero-order valence-electron chi connectivity index (χ0n) is 19.1. The van der Waals surface area contributed by atoms with Gasteiger partial charge in [0, 0.05) is 18.0 Å². The third-order valence-corrected chi connectivity index (χ3v) is 6.34. The average Bonchev–Trinajstić information content (AvgIpc) is 3.50. The molecule has 0 amide bonds. The summed E-state index contributed by atoms with van der Waals surface area (Å²) < 4.78 is 23.3. The van der Waals surface area contributed by atoms with E-state index in [1.165, 1.54) is 12.1 Å². The molecule has 0 bridgehead atoms. The molecular weight excluding hydrogens is 457 g/mol. The highest BCUT2D eigenvalue weighted by Gasteiger charge is 2.38.